The van der Waals surface area contributed by atoms with Crippen molar-refractivity contribution < 1.29 is 13.5 Å². The SMILES string of the molecule is O=S(=O)(NCCc1ncn[nH]1)c1ccc(CCO)s1. The summed E-state index contributed by atoms with van der Waals surface area (Å²) in [6.45, 7) is 0.268. The number of sulfonamides is 1. The Hall–Kier alpha value is -1.29. The summed E-state index contributed by atoms with van der Waals surface area (Å²) >= 11 is 1.17. The smallest absolute Gasteiger partial charge is 0.250 e. The van der Waals surface area contributed by atoms with Crippen molar-refractivity contribution in [2.75, 3.05) is 13.2 Å². The molecular formula is C10H14N4O3S2. The third-order valence-electron chi connectivity index (χ3n) is 2.38. The standard InChI is InChI=1S/C10H14N4O3S2/c15-6-4-8-1-2-10(18-8)19(16,17)13-5-3-9-11-7-12-14-9/h1-2,7,13,15H,3-6H2,(H,11,12,14). The second kappa shape index (κ2) is 6.24. The van der Waals surface area contributed by atoms with E-state index in [0.717, 1.165) is 4.88 Å². The Kier molecular flexibility index (Phi) is 4.64. The Balaban J connectivity index is 1.93. The molecule has 2 aromatic rings. The minimum absolute atomic E-state index is 0.0128. The number of aliphatic hydroxyl groups is 1. The molecule has 0 fully saturated rings. The molecule has 0 radical (unpaired) electrons. The second-order valence-electron chi connectivity index (χ2n) is 3.77. The summed E-state index contributed by atoms with van der Waals surface area (Å²) < 4.78 is 26.7. The molecule has 19 heavy (non-hydrogen) atoms. The van der Waals surface area contributed by atoms with E-state index in [0.29, 0.717) is 18.7 Å². The van der Waals surface area contributed by atoms with E-state index in [1.807, 2.05) is 0 Å². The number of thiophene rings is 1. The van der Waals surface area contributed by atoms with E-state index in [4.69, 9.17) is 5.11 Å². The highest BCUT2D eigenvalue weighted by molar-refractivity contribution is 7.91. The van der Waals surface area contributed by atoms with Gasteiger partial charge in [-0.05, 0) is 12.1 Å². The monoisotopic (exact) mass is 302 g/mol. The van der Waals surface area contributed by atoms with Crippen molar-refractivity contribution in [2.24, 2.45) is 0 Å². The summed E-state index contributed by atoms with van der Waals surface area (Å²) in [5.41, 5.74) is 0. The first-order chi connectivity index (χ1) is 9.12. The van der Waals surface area contributed by atoms with Crippen molar-refractivity contribution in [2.45, 2.75) is 17.1 Å². The van der Waals surface area contributed by atoms with Crippen LogP contribution in [0.4, 0.5) is 0 Å². The Bertz CT molecular complexity index is 607. The van der Waals surface area contributed by atoms with E-state index in [1.165, 1.54) is 17.7 Å². The molecule has 0 amide bonds. The number of aliphatic hydroxyl groups excluding tert-OH is 1. The predicted octanol–water partition coefficient (Wildman–Crippen LogP) is -0.0780. The molecule has 0 aliphatic carbocycles. The van der Waals surface area contributed by atoms with Gasteiger partial charge in [0.15, 0.2) is 0 Å². The first-order valence-corrected chi connectivity index (χ1v) is 7.95. The van der Waals surface area contributed by atoms with Crippen molar-refractivity contribution in [1.82, 2.24) is 19.9 Å². The van der Waals surface area contributed by atoms with Crippen LogP contribution < -0.4 is 4.72 Å². The molecule has 7 nitrogen and oxygen atoms in total. The summed E-state index contributed by atoms with van der Waals surface area (Å²) in [6.07, 6.45) is 2.30. The molecule has 0 spiro atoms. The molecule has 0 saturated heterocycles. The van der Waals surface area contributed by atoms with Gasteiger partial charge in [-0.15, -0.1) is 11.3 Å². The molecule has 0 saturated carbocycles. The molecule has 0 unspecified atom stereocenters. The van der Waals surface area contributed by atoms with Crippen molar-refractivity contribution in [3.05, 3.63) is 29.2 Å². The molecule has 104 valence electrons. The fourth-order valence-corrected chi connectivity index (χ4v) is 3.89. The van der Waals surface area contributed by atoms with E-state index in [-0.39, 0.29) is 17.4 Å². The molecule has 9 heteroatoms. The first kappa shape index (κ1) is 14.1. The van der Waals surface area contributed by atoms with E-state index < -0.39 is 10.0 Å². The van der Waals surface area contributed by atoms with Crippen molar-refractivity contribution in [1.29, 1.82) is 0 Å². The lowest BCUT2D eigenvalue weighted by Crippen LogP contribution is -2.25. The Morgan fingerprint density at radius 3 is 2.89 bits per heavy atom. The summed E-state index contributed by atoms with van der Waals surface area (Å²) in [4.78, 5) is 4.76. The van der Waals surface area contributed by atoms with Gasteiger partial charge in [-0.3, -0.25) is 5.10 Å². The number of hydrogen-bond acceptors (Lipinski definition) is 6. The lowest BCUT2D eigenvalue weighted by molar-refractivity contribution is 0.300. The maximum Gasteiger partial charge on any atom is 0.250 e. The van der Waals surface area contributed by atoms with Crippen LogP contribution in [0.25, 0.3) is 0 Å². The van der Waals surface area contributed by atoms with Crippen LogP contribution >= 0.6 is 11.3 Å². The maximum absolute atomic E-state index is 12.0. The highest BCUT2D eigenvalue weighted by Crippen LogP contribution is 2.21. The lowest BCUT2D eigenvalue weighted by Gasteiger charge is -2.02. The van der Waals surface area contributed by atoms with E-state index in [9.17, 15) is 8.42 Å². The average Bonchev–Trinajstić information content (AvgIpc) is 3.00. The highest BCUT2D eigenvalue weighted by Gasteiger charge is 2.16. The zero-order valence-electron chi connectivity index (χ0n) is 10.0. The first-order valence-electron chi connectivity index (χ1n) is 5.65. The third kappa shape index (κ3) is 3.83. The van der Waals surface area contributed by atoms with Gasteiger partial charge in [0.1, 0.15) is 16.4 Å². The quantitative estimate of drug-likeness (QED) is 0.663. The van der Waals surface area contributed by atoms with Crippen LogP contribution in [0.15, 0.2) is 22.7 Å². The summed E-state index contributed by atoms with van der Waals surface area (Å²) in [7, 11) is -3.49. The summed E-state index contributed by atoms with van der Waals surface area (Å²) in [6, 6.07) is 3.26. The predicted molar refractivity (Wildman–Crippen MR) is 70.4 cm³/mol. The van der Waals surface area contributed by atoms with Crippen LogP contribution in [-0.2, 0) is 22.9 Å². The fraction of sp³-hybridized carbons (Fsp3) is 0.400. The number of nitrogens with zero attached hydrogens (tertiary/aromatic N) is 2. The van der Waals surface area contributed by atoms with E-state index in [2.05, 4.69) is 19.9 Å². The molecule has 0 aliphatic rings. The number of aromatic amines is 1. The number of hydrogen-bond donors (Lipinski definition) is 3. The van der Waals surface area contributed by atoms with Crippen LogP contribution in [0, 0.1) is 0 Å². The Morgan fingerprint density at radius 1 is 1.37 bits per heavy atom. The lowest BCUT2D eigenvalue weighted by atomic mass is 10.4. The van der Waals surface area contributed by atoms with Gasteiger partial charge in [0.2, 0.25) is 10.0 Å². The summed E-state index contributed by atoms with van der Waals surface area (Å²) in [5.74, 6) is 0.634. The van der Waals surface area contributed by atoms with E-state index >= 15 is 0 Å². The van der Waals surface area contributed by atoms with Gasteiger partial charge in [0.25, 0.3) is 0 Å². The second-order valence-corrected chi connectivity index (χ2v) is 6.94. The van der Waals surface area contributed by atoms with Crippen LogP contribution in [0.2, 0.25) is 0 Å². The average molecular weight is 302 g/mol. The molecule has 2 aromatic heterocycles. The van der Waals surface area contributed by atoms with Crippen molar-refractivity contribution >= 4 is 21.4 Å². The normalized spacial score (nSPS) is 11.8. The van der Waals surface area contributed by atoms with Gasteiger partial charge in [-0.1, -0.05) is 0 Å². The third-order valence-corrected chi connectivity index (χ3v) is 5.48. The number of H-pyrrole nitrogens is 1. The number of nitrogens with one attached hydrogen (secondary N) is 2. The van der Waals surface area contributed by atoms with Gasteiger partial charge in [0.05, 0.1) is 0 Å². The number of rotatable bonds is 7. The van der Waals surface area contributed by atoms with Crippen LogP contribution in [0.3, 0.4) is 0 Å². The molecule has 2 heterocycles. The maximum atomic E-state index is 12.0. The zero-order chi connectivity index (χ0) is 13.7. The van der Waals surface area contributed by atoms with Gasteiger partial charge in [0, 0.05) is 30.9 Å². The van der Waals surface area contributed by atoms with Gasteiger partial charge < -0.3 is 5.11 Å². The Morgan fingerprint density at radius 2 is 2.21 bits per heavy atom. The van der Waals surface area contributed by atoms with Crippen molar-refractivity contribution in [3.8, 4) is 0 Å². The van der Waals surface area contributed by atoms with Gasteiger partial charge in [-0.2, -0.15) is 5.10 Å². The van der Waals surface area contributed by atoms with Crippen LogP contribution in [0.1, 0.15) is 10.7 Å². The van der Waals surface area contributed by atoms with Gasteiger partial charge in [-0.25, -0.2) is 18.1 Å². The molecule has 0 aromatic carbocycles. The molecule has 3 N–H and O–H groups in total. The van der Waals surface area contributed by atoms with Crippen LogP contribution in [0.5, 0.6) is 0 Å². The molecular weight excluding hydrogens is 288 g/mol. The molecule has 0 aliphatic heterocycles. The molecule has 2 rings (SSSR count). The highest BCUT2D eigenvalue weighted by atomic mass is 32.2. The van der Waals surface area contributed by atoms with E-state index in [1.54, 1.807) is 12.1 Å². The van der Waals surface area contributed by atoms with Gasteiger partial charge >= 0.3 is 0 Å². The minimum Gasteiger partial charge on any atom is -0.396 e. The Labute approximate surface area is 114 Å². The largest absolute Gasteiger partial charge is 0.396 e. The van der Waals surface area contributed by atoms with Crippen LogP contribution in [-0.4, -0.2) is 41.9 Å². The topological polar surface area (TPSA) is 108 Å². The molecule has 0 atom stereocenters. The number of aromatic nitrogens is 3. The molecule has 0 bridgehead atoms. The van der Waals surface area contributed by atoms with Crippen molar-refractivity contribution in [3.63, 3.8) is 0 Å². The minimum atomic E-state index is -3.49. The zero-order valence-corrected chi connectivity index (χ0v) is 11.7. The summed E-state index contributed by atoms with van der Waals surface area (Å²) in [5, 5.41) is 15.2. The fourth-order valence-electron chi connectivity index (χ4n) is 1.47.